The SMILES string of the molecule is CC(C)N1CCCCC1CC1(C)OCC(CCO)O1. The molecule has 3 atom stereocenters. The molecule has 2 aliphatic rings. The number of hydrogen-bond donors (Lipinski definition) is 1. The summed E-state index contributed by atoms with van der Waals surface area (Å²) in [4.78, 5) is 2.58. The van der Waals surface area contributed by atoms with Crippen molar-refractivity contribution in [1.82, 2.24) is 4.90 Å². The fraction of sp³-hybridized carbons (Fsp3) is 1.00. The van der Waals surface area contributed by atoms with E-state index >= 15 is 0 Å². The van der Waals surface area contributed by atoms with Gasteiger partial charge in [0.2, 0.25) is 0 Å². The van der Waals surface area contributed by atoms with Gasteiger partial charge in [-0.3, -0.25) is 4.90 Å². The van der Waals surface area contributed by atoms with Crippen LogP contribution in [0.2, 0.25) is 0 Å². The molecule has 0 bridgehead atoms. The molecule has 2 heterocycles. The van der Waals surface area contributed by atoms with Gasteiger partial charge >= 0.3 is 0 Å². The Morgan fingerprint density at radius 3 is 2.84 bits per heavy atom. The zero-order valence-corrected chi connectivity index (χ0v) is 12.6. The highest BCUT2D eigenvalue weighted by molar-refractivity contribution is 4.86. The summed E-state index contributed by atoms with van der Waals surface area (Å²) in [6.45, 7) is 8.57. The molecule has 0 aromatic rings. The third-order valence-electron chi connectivity index (χ3n) is 4.38. The summed E-state index contributed by atoms with van der Waals surface area (Å²) >= 11 is 0. The van der Waals surface area contributed by atoms with Crippen molar-refractivity contribution in [2.75, 3.05) is 19.8 Å². The molecule has 1 N–H and O–H groups in total. The molecular weight excluding hydrogens is 242 g/mol. The average molecular weight is 271 g/mol. The molecule has 3 unspecified atom stereocenters. The van der Waals surface area contributed by atoms with Crippen LogP contribution in [0.4, 0.5) is 0 Å². The van der Waals surface area contributed by atoms with Crippen LogP contribution in [0, 0.1) is 0 Å². The van der Waals surface area contributed by atoms with Crippen LogP contribution in [0.15, 0.2) is 0 Å². The number of rotatable bonds is 5. The van der Waals surface area contributed by atoms with Gasteiger partial charge in [-0.15, -0.1) is 0 Å². The Balaban J connectivity index is 1.91. The molecule has 0 radical (unpaired) electrons. The number of aliphatic hydroxyl groups is 1. The van der Waals surface area contributed by atoms with Crippen LogP contribution in [0.3, 0.4) is 0 Å². The number of piperidine rings is 1. The third-order valence-corrected chi connectivity index (χ3v) is 4.38. The number of aliphatic hydroxyl groups excluding tert-OH is 1. The fourth-order valence-corrected chi connectivity index (χ4v) is 3.43. The first-order chi connectivity index (χ1) is 9.04. The molecule has 4 heteroatoms. The van der Waals surface area contributed by atoms with E-state index in [0.29, 0.717) is 25.1 Å². The van der Waals surface area contributed by atoms with Gasteiger partial charge in [-0.25, -0.2) is 0 Å². The summed E-state index contributed by atoms with van der Waals surface area (Å²) < 4.78 is 11.9. The minimum atomic E-state index is -0.463. The maximum absolute atomic E-state index is 8.99. The van der Waals surface area contributed by atoms with Crippen molar-refractivity contribution in [2.24, 2.45) is 0 Å². The third kappa shape index (κ3) is 3.91. The molecule has 0 aliphatic carbocycles. The molecule has 0 saturated carbocycles. The van der Waals surface area contributed by atoms with Gasteiger partial charge in [0.1, 0.15) is 0 Å². The second kappa shape index (κ2) is 6.53. The van der Waals surface area contributed by atoms with E-state index in [1.165, 1.54) is 25.8 Å². The normalized spacial score (nSPS) is 37.1. The van der Waals surface area contributed by atoms with Crippen molar-refractivity contribution in [1.29, 1.82) is 0 Å². The Morgan fingerprint density at radius 2 is 2.16 bits per heavy atom. The van der Waals surface area contributed by atoms with E-state index in [1.807, 2.05) is 0 Å². The number of likely N-dealkylation sites (tertiary alicyclic amines) is 1. The predicted molar refractivity (Wildman–Crippen MR) is 75.0 cm³/mol. The fourth-order valence-electron chi connectivity index (χ4n) is 3.43. The van der Waals surface area contributed by atoms with Crippen LogP contribution < -0.4 is 0 Å². The zero-order valence-electron chi connectivity index (χ0n) is 12.6. The highest BCUT2D eigenvalue weighted by atomic mass is 16.7. The van der Waals surface area contributed by atoms with Crippen LogP contribution in [0.5, 0.6) is 0 Å². The summed E-state index contributed by atoms with van der Waals surface area (Å²) in [5.41, 5.74) is 0. The van der Waals surface area contributed by atoms with Gasteiger partial charge in [-0.05, 0) is 46.6 Å². The Labute approximate surface area is 117 Å². The number of nitrogens with zero attached hydrogens (tertiary/aromatic N) is 1. The number of ether oxygens (including phenoxy) is 2. The van der Waals surface area contributed by atoms with Gasteiger partial charge in [0.05, 0.1) is 12.7 Å². The van der Waals surface area contributed by atoms with E-state index in [9.17, 15) is 0 Å². The molecule has 112 valence electrons. The minimum Gasteiger partial charge on any atom is -0.396 e. The lowest BCUT2D eigenvalue weighted by Crippen LogP contribution is -2.47. The maximum atomic E-state index is 8.99. The molecular formula is C15H29NO3. The Kier molecular flexibility index (Phi) is 5.23. The van der Waals surface area contributed by atoms with E-state index in [4.69, 9.17) is 14.6 Å². The van der Waals surface area contributed by atoms with Crippen molar-refractivity contribution < 1.29 is 14.6 Å². The van der Waals surface area contributed by atoms with Crippen molar-refractivity contribution >= 4 is 0 Å². The largest absolute Gasteiger partial charge is 0.396 e. The monoisotopic (exact) mass is 271 g/mol. The first-order valence-corrected chi connectivity index (χ1v) is 7.72. The van der Waals surface area contributed by atoms with E-state index in [-0.39, 0.29) is 12.7 Å². The van der Waals surface area contributed by atoms with E-state index in [0.717, 1.165) is 6.42 Å². The zero-order chi connectivity index (χ0) is 13.9. The van der Waals surface area contributed by atoms with Gasteiger partial charge in [0.25, 0.3) is 0 Å². The highest BCUT2D eigenvalue weighted by Crippen LogP contribution is 2.33. The maximum Gasteiger partial charge on any atom is 0.167 e. The molecule has 0 aromatic carbocycles. The second-order valence-electron chi connectivity index (χ2n) is 6.38. The lowest BCUT2D eigenvalue weighted by Gasteiger charge is -2.41. The van der Waals surface area contributed by atoms with E-state index < -0.39 is 5.79 Å². The molecule has 2 aliphatic heterocycles. The molecule has 19 heavy (non-hydrogen) atoms. The van der Waals surface area contributed by atoms with E-state index in [2.05, 4.69) is 25.7 Å². The minimum absolute atomic E-state index is 0.0612. The Morgan fingerprint density at radius 1 is 1.37 bits per heavy atom. The van der Waals surface area contributed by atoms with Crippen molar-refractivity contribution in [3.8, 4) is 0 Å². The molecule has 0 aromatic heterocycles. The summed E-state index contributed by atoms with van der Waals surface area (Å²) in [6, 6.07) is 1.15. The molecule has 0 spiro atoms. The van der Waals surface area contributed by atoms with Gasteiger partial charge in [-0.2, -0.15) is 0 Å². The van der Waals surface area contributed by atoms with Gasteiger partial charge in [0, 0.05) is 25.1 Å². The lowest BCUT2D eigenvalue weighted by atomic mass is 9.94. The standard InChI is InChI=1S/C15H29NO3/c1-12(2)16-8-5-4-6-13(16)10-15(3)18-11-14(19-15)7-9-17/h12-14,17H,4-11H2,1-3H3. The quantitative estimate of drug-likeness (QED) is 0.832. The topological polar surface area (TPSA) is 41.9 Å². The number of hydrogen-bond acceptors (Lipinski definition) is 4. The van der Waals surface area contributed by atoms with Crippen LogP contribution in [0.25, 0.3) is 0 Å². The first kappa shape index (κ1) is 15.2. The first-order valence-electron chi connectivity index (χ1n) is 7.72. The molecule has 4 nitrogen and oxygen atoms in total. The second-order valence-corrected chi connectivity index (χ2v) is 6.38. The molecule has 2 fully saturated rings. The van der Waals surface area contributed by atoms with Crippen molar-refractivity contribution in [2.45, 2.75) is 76.9 Å². The van der Waals surface area contributed by atoms with Crippen molar-refractivity contribution in [3.63, 3.8) is 0 Å². The van der Waals surface area contributed by atoms with Gasteiger partial charge < -0.3 is 14.6 Å². The summed E-state index contributed by atoms with van der Waals surface area (Å²) in [5, 5.41) is 8.99. The molecule has 2 rings (SSSR count). The molecule has 2 saturated heterocycles. The van der Waals surface area contributed by atoms with Crippen molar-refractivity contribution in [3.05, 3.63) is 0 Å². The van der Waals surface area contributed by atoms with Gasteiger partial charge in [0.15, 0.2) is 5.79 Å². The van der Waals surface area contributed by atoms with E-state index in [1.54, 1.807) is 0 Å². The summed E-state index contributed by atoms with van der Waals surface area (Å²) in [6.07, 6.45) is 5.53. The van der Waals surface area contributed by atoms with Gasteiger partial charge in [-0.1, -0.05) is 6.42 Å². The van der Waals surface area contributed by atoms with Crippen LogP contribution in [-0.4, -0.2) is 53.7 Å². The smallest absolute Gasteiger partial charge is 0.167 e. The predicted octanol–water partition coefficient (Wildman–Crippen LogP) is 2.15. The highest BCUT2D eigenvalue weighted by Gasteiger charge is 2.40. The Hall–Kier alpha value is -0.160. The van der Waals surface area contributed by atoms with Crippen LogP contribution in [-0.2, 0) is 9.47 Å². The summed E-state index contributed by atoms with van der Waals surface area (Å²) in [7, 11) is 0. The van der Waals surface area contributed by atoms with Crippen LogP contribution >= 0.6 is 0 Å². The van der Waals surface area contributed by atoms with Crippen LogP contribution in [0.1, 0.15) is 52.9 Å². The molecule has 0 amide bonds. The average Bonchev–Trinajstić information content (AvgIpc) is 2.71. The Bertz CT molecular complexity index is 285. The summed E-state index contributed by atoms with van der Waals surface area (Å²) in [5.74, 6) is -0.463. The lowest BCUT2D eigenvalue weighted by molar-refractivity contribution is -0.172.